The van der Waals surface area contributed by atoms with Crippen LogP contribution in [0.4, 0.5) is 5.69 Å². The second-order valence-corrected chi connectivity index (χ2v) is 6.99. The molecule has 1 saturated heterocycles. The van der Waals surface area contributed by atoms with Crippen LogP contribution in [-0.2, 0) is 19.1 Å². The van der Waals surface area contributed by atoms with Crippen LogP contribution >= 0.6 is 0 Å². The maximum Gasteiger partial charge on any atom is 0.264 e. The number of anilines is 1. The fourth-order valence-electron chi connectivity index (χ4n) is 3.48. The van der Waals surface area contributed by atoms with Crippen LogP contribution in [0.25, 0.3) is 0 Å². The number of rotatable bonds is 9. The summed E-state index contributed by atoms with van der Waals surface area (Å²) in [6.07, 6.45) is 1.19. The van der Waals surface area contributed by atoms with Crippen LogP contribution in [0, 0.1) is 0 Å². The molecule has 3 rings (SSSR count). The average Bonchev–Trinajstić information content (AvgIpc) is 2.98. The summed E-state index contributed by atoms with van der Waals surface area (Å²) in [4.78, 5) is 61.3. The topological polar surface area (TPSA) is 134 Å². The Morgan fingerprint density at radius 3 is 2.73 bits per heavy atom. The highest BCUT2D eigenvalue weighted by Gasteiger charge is 2.45. The molecule has 0 aromatic heterocycles. The van der Waals surface area contributed by atoms with Crippen molar-refractivity contribution in [2.24, 2.45) is 0 Å². The summed E-state index contributed by atoms with van der Waals surface area (Å²) in [5.74, 6) is -2.19. The predicted octanol–water partition coefficient (Wildman–Crippen LogP) is 0.0425. The van der Waals surface area contributed by atoms with Crippen molar-refractivity contribution in [2.45, 2.75) is 31.7 Å². The molecule has 5 amide bonds. The second kappa shape index (κ2) is 9.49. The van der Waals surface area contributed by atoms with E-state index in [0.29, 0.717) is 38.3 Å². The number of nitrogens with zero attached hydrogens (tertiary/aromatic N) is 1. The van der Waals surface area contributed by atoms with Crippen molar-refractivity contribution >= 4 is 35.2 Å². The lowest BCUT2D eigenvalue weighted by atomic mass is 10.0. The molecular formula is C20H24N4O6. The first-order chi connectivity index (χ1) is 14.4. The Morgan fingerprint density at radius 1 is 1.20 bits per heavy atom. The smallest absolute Gasteiger partial charge is 0.264 e. The third-order valence-electron chi connectivity index (χ3n) is 5.00. The normalized spacial score (nSPS) is 18.3. The van der Waals surface area contributed by atoms with Gasteiger partial charge in [-0.2, -0.15) is 0 Å². The molecule has 1 atom stereocenters. The molecule has 2 heterocycles. The van der Waals surface area contributed by atoms with Crippen molar-refractivity contribution in [3.63, 3.8) is 0 Å². The number of hydrogen-bond donors (Lipinski definition) is 3. The fraction of sp³-hybridized carbons (Fsp3) is 0.450. The van der Waals surface area contributed by atoms with Crippen molar-refractivity contribution in [1.29, 1.82) is 0 Å². The van der Waals surface area contributed by atoms with Gasteiger partial charge in [0.25, 0.3) is 11.8 Å². The lowest BCUT2D eigenvalue weighted by Gasteiger charge is -2.27. The van der Waals surface area contributed by atoms with Gasteiger partial charge in [0.05, 0.1) is 17.7 Å². The van der Waals surface area contributed by atoms with Crippen LogP contribution in [0.1, 0.15) is 46.4 Å². The van der Waals surface area contributed by atoms with Crippen LogP contribution in [0.15, 0.2) is 18.2 Å². The summed E-state index contributed by atoms with van der Waals surface area (Å²) in [5.41, 5.74) is 0.919. The monoisotopic (exact) mass is 416 g/mol. The average molecular weight is 416 g/mol. The zero-order valence-electron chi connectivity index (χ0n) is 16.7. The Labute approximate surface area is 173 Å². The number of carbonyl (C=O) groups excluding carboxylic acids is 5. The van der Waals surface area contributed by atoms with Gasteiger partial charge in [-0.3, -0.25) is 34.2 Å². The maximum atomic E-state index is 13.0. The molecule has 0 bridgehead atoms. The molecule has 0 aliphatic carbocycles. The number of imide groups is 2. The molecule has 1 fully saturated rings. The van der Waals surface area contributed by atoms with E-state index in [9.17, 15) is 24.0 Å². The molecule has 10 nitrogen and oxygen atoms in total. The molecule has 0 spiro atoms. The van der Waals surface area contributed by atoms with E-state index in [1.807, 2.05) is 0 Å². The quantitative estimate of drug-likeness (QED) is 0.382. The van der Waals surface area contributed by atoms with Gasteiger partial charge in [0.15, 0.2) is 0 Å². The highest BCUT2D eigenvalue weighted by Crippen LogP contribution is 2.32. The third kappa shape index (κ3) is 4.48. The van der Waals surface area contributed by atoms with Crippen LogP contribution in [0.2, 0.25) is 0 Å². The van der Waals surface area contributed by atoms with Gasteiger partial charge in [-0.25, -0.2) is 0 Å². The molecule has 1 aromatic rings. The van der Waals surface area contributed by atoms with E-state index in [2.05, 4.69) is 16.0 Å². The number of piperidine rings is 1. The summed E-state index contributed by atoms with van der Waals surface area (Å²) in [7, 11) is 1.58. The SMILES string of the molecule is CNC(=O)CCCOCCNc1cccc2c1C(=O)N(C1CCC(=O)NC1=O)C2=O. The highest BCUT2D eigenvalue weighted by atomic mass is 16.5. The van der Waals surface area contributed by atoms with Crippen molar-refractivity contribution in [1.82, 2.24) is 15.5 Å². The Kier molecular flexibility index (Phi) is 6.78. The molecule has 30 heavy (non-hydrogen) atoms. The van der Waals surface area contributed by atoms with Gasteiger partial charge in [-0.15, -0.1) is 0 Å². The molecule has 2 aliphatic rings. The minimum atomic E-state index is -0.994. The second-order valence-electron chi connectivity index (χ2n) is 6.99. The number of amides is 5. The largest absolute Gasteiger partial charge is 0.382 e. The number of benzene rings is 1. The Bertz CT molecular complexity index is 884. The Balaban J connectivity index is 1.59. The van der Waals surface area contributed by atoms with Crippen molar-refractivity contribution in [3.8, 4) is 0 Å². The van der Waals surface area contributed by atoms with E-state index in [4.69, 9.17) is 4.74 Å². The minimum Gasteiger partial charge on any atom is -0.382 e. The van der Waals surface area contributed by atoms with Crippen molar-refractivity contribution < 1.29 is 28.7 Å². The molecule has 1 unspecified atom stereocenters. The molecule has 2 aliphatic heterocycles. The van der Waals surface area contributed by atoms with Crippen LogP contribution in [0.5, 0.6) is 0 Å². The highest BCUT2D eigenvalue weighted by molar-refractivity contribution is 6.25. The van der Waals surface area contributed by atoms with E-state index in [1.54, 1.807) is 25.2 Å². The third-order valence-corrected chi connectivity index (χ3v) is 5.00. The van der Waals surface area contributed by atoms with E-state index in [-0.39, 0.29) is 29.9 Å². The Morgan fingerprint density at radius 2 is 2.00 bits per heavy atom. The van der Waals surface area contributed by atoms with Gasteiger partial charge < -0.3 is 15.4 Å². The van der Waals surface area contributed by atoms with E-state index >= 15 is 0 Å². The summed E-state index contributed by atoms with van der Waals surface area (Å²) in [6.45, 7) is 1.19. The van der Waals surface area contributed by atoms with E-state index in [1.165, 1.54) is 0 Å². The first-order valence-electron chi connectivity index (χ1n) is 9.80. The summed E-state index contributed by atoms with van der Waals surface area (Å²) in [6, 6.07) is 3.89. The Hall–Kier alpha value is -3.27. The summed E-state index contributed by atoms with van der Waals surface area (Å²) >= 11 is 0. The molecule has 1 aromatic carbocycles. The van der Waals surface area contributed by atoms with Crippen molar-refractivity contribution in [2.75, 3.05) is 32.1 Å². The van der Waals surface area contributed by atoms with E-state index in [0.717, 1.165) is 4.90 Å². The van der Waals surface area contributed by atoms with Crippen molar-refractivity contribution in [3.05, 3.63) is 29.3 Å². The van der Waals surface area contributed by atoms with Crippen LogP contribution in [-0.4, -0.2) is 67.3 Å². The minimum absolute atomic E-state index is 0.0414. The lowest BCUT2D eigenvalue weighted by molar-refractivity contribution is -0.136. The lowest BCUT2D eigenvalue weighted by Crippen LogP contribution is -2.54. The summed E-state index contributed by atoms with van der Waals surface area (Å²) < 4.78 is 5.47. The first-order valence-corrected chi connectivity index (χ1v) is 9.80. The zero-order valence-corrected chi connectivity index (χ0v) is 16.7. The van der Waals surface area contributed by atoms with Gasteiger partial charge in [0, 0.05) is 38.7 Å². The number of carbonyl (C=O) groups is 5. The standard InChI is InChI=1S/C20H24N4O6/c1-21-15(25)6-3-10-30-11-9-22-13-5-2-4-12-17(13)20(29)24(19(12)28)14-7-8-16(26)23-18(14)27/h2,4-5,14,22H,3,6-11H2,1H3,(H,21,25)(H,23,26,27). The summed E-state index contributed by atoms with van der Waals surface area (Å²) in [5, 5.41) is 7.81. The zero-order chi connectivity index (χ0) is 21.7. The number of ether oxygens (including phenoxy) is 1. The number of hydrogen-bond acceptors (Lipinski definition) is 7. The number of nitrogens with one attached hydrogen (secondary N) is 3. The number of fused-ring (bicyclic) bond motifs is 1. The van der Waals surface area contributed by atoms with Gasteiger partial charge in [-0.1, -0.05) is 6.07 Å². The van der Waals surface area contributed by atoms with Crippen LogP contribution < -0.4 is 16.0 Å². The fourth-order valence-corrected chi connectivity index (χ4v) is 3.48. The molecule has 10 heteroatoms. The van der Waals surface area contributed by atoms with Gasteiger partial charge in [0.1, 0.15) is 6.04 Å². The molecule has 0 saturated carbocycles. The van der Waals surface area contributed by atoms with Gasteiger partial charge in [0.2, 0.25) is 17.7 Å². The molecular weight excluding hydrogens is 392 g/mol. The van der Waals surface area contributed by atoms with Crippen LogP contribution in [0.3, 0.4) is 0 Å². The first kappa shape index (κ1) is 21.4. The maximum absolute atomic E-state index is 13.0. The molecule has 160 valence electrons. The molecule has 0 radical (unpaired) electrons. The van der Waals surface area contributed by atoms with E-state index < -0.39 is 29.7 Å². The predicted molar refractivity (Wildman–Crippen MR) is 106 cm³/mol. The van der Waals surface area contributed by atoms with Gasteiger partial charge >= 0.3 is 0 Å². The molecule has 3 N–H and O–H groups in total. The van der Waals surface area contributed by atoms with Gasteiger partial charge in [-0.05, 0) is 25.0 Å².